The van der Waals surface area contributed by atoms with Crippen molar-refractivity contribution in [3.63, 3.8) is 0 Å². The number of hydrogen-bond acceptors (Lipinski definition) is 4. The van der Waals surface area contributed by atoms with Crippen LogP contribution in [0.3, 0.4) is 0 Å². The van der Waals surface area contributed by atoms with Crippen LogP contribution >= 0.6 is 0 Å². The molecule has 2 heterocycles. The second-order valence-electron chi connectivity index (χ2n) is 11.3. The molecule has 0 aliphatic carbocycles. The molecule has 1 aliphatic rings. The maximum atomic E-state index is 14.0. The molecule has 1 N–H and O–H groups in total. The summed E-state index contributed by atoms with van der Waals surface area (Å²) in [6, 6.07) is 39.2. The van der Waals surface area contributed by atoms with Gasteiger partial charge in [0.2, 0.25) is 0 Å². The quantitative estimate of drug-likeness (QED) is 0.219. The maximum absolute atomic E-state index is 14.0. The fraction of sp³-hybridized carbons (Fsp3) is 0.243. The lowest BCUT2D eigenvalue weighted by atomic mass is 9.95. The Hall–Kier alpha value is -4.32. The fourth-order valence-corrected chi connectivity index (χ4v) is 5.99. The van der Waals surface area contributed by atoms with Crippen molar-refractivity contribution >= 4 is 16.8 Å². The smallest absolute Gasteiger partial charge is 0.252 e. The van der Waals surface area contributed by atoms with Gasteiger partial charge in [0.1, 0.15) is 0 Å². The Balaban J connectivity index is 1.28. The summed E-state index contributed by atoms with van der Waals surface area (Å²) in [4.78, 5) is 24.2. The Morgan fingerprint density at radius 1 is 0.762 bits per heavy atom. The van der Waals surface area contributed by atoms with Gasteiger partial charge in [0.05, 0.1) is 16.8 Å². The van der Waals surface area contributed by atoms with Gasteiger partial charge in [-0.25, -0.2) is 4.98 Å². The first-order chi connectivity index (χ1) is 20.7. The molecule has 4 aromatic carbocycles. The number of para-hydroxylation sites is 1. The van der Waals surface area contributed by atoms with E-state index in [1.165, 1.54) is 5.56 Å². The molecule has 1 unspecified atom stereocenters. The van der Waals surface area contributed by atoms with Crippen molar-refractivity contribution in [2.45, 2.75) is 25.9 Å². The number of amides is 1. The highest BCUT2D eigenvalue weighted by atomic mass is 16.1. The van der Waals surface area contributed by atoms with Crippen LogP contribution in [0.5, 0.6) is 0 Å². The molecule has 0 radical (unpaired) electrons. The highest BCUT2D eigenvalue weighted by Crippen LogP contribution is 2.32. The predicted octanol–water partition coefficient (Wildman–Crippen LogP) is 6.75. The number of carbonyl (C=O) groups excluding carboxylic acids is 1. The number of piperazine rings is 1. The van der Waals surface area contributed by atoms with Gasteiger partial charge in [-0.2, -0.15) is 0 Å². The minimum Gasteiger partial charge on any atom is -0.348 e. The van der Waals surface area contributed by atoms with Crippen LogP contribution in [0.1, 0.15) is 39.9 Å². The van der Waals surface area contributed by atoms with E-state index in [0.717, 1.165) is 71.6 Å². The number of fused-ring (bicyclic) bond motifs is 1. The molecule has 1 saturated heterocycles. The first-order valence-corrected chi connectivity index (χ1v) is 14.9. The molecule has 42 heavy (non-hydrogen) atoms. The zero-order valence-corrected chi connectivity index (χ0v) is 24.2. The summed E-state index contributed by atoms with van der Waals surface area (Å²) in [5, 5.41) is 4.11. The van der Waals surface area contributed by atoms with Crippen molar-refractivity contribution in [2.75, 3.05) is 32.7 Å². The van der Waals surface area contributed by atoms with E-state index in [2.05, 4.69) is 64.5 Å². The molecule has 0 bridgehead atoms. The molecule has 212 valence electrons. The van der Waals surface area contributed by atoms with Crippen molar-refractivity contribution < 1.29 is 4.79 Å². The minimum atomic E-state index is -0.0556. The van der Waals surface area contributed by atoms with Gasteiger partial charge in [-0.1, -0.05) is 116 Å². The molecule has 5 aromatic rings. The number of benzene rings is 4. The van der Waals surface area contributed by atoms with Crippen molar-refractivity contribution in [3.05, 3.63) is 138 Å². The number of aromatic nitrogens is 1. The monoisotopic (exact) mass is 554 g/mol. The van der Waals surface area contributed by atoms with Gasteiger partial charge in [0, 0.05) is 62.3 Å². The van der Waals surface area contributed by atoms with Crippen LogP contribution in [0.4, 0.5) is 0 Å². The van der Waals surface area contributed by atoms with Gasteiger partial charge in [0.15, 0.2) is 0 Å². The molecule has 0 saturated carbocycles. The molecule has 1 aliphatic heterocycles. The van der Waals surface area contributed by atoms with Crippen LogP contribution in [0.15, 0.2) is 115 Å². The Morgan fingerprint density at radius 2 is 1.36 bits per heavy atom. The average Bonchev–Trinajstić information content (AvgIpc) is 3.05. The van der Waals surface area contributed by atoms with Crippen LogP contribution in [0.25, 0.3) is 22.2 Å². The van der Waals surface area contributed by atoms with Crippen LogP contribution in [0, 0.1) is 0 Å². The van der Waals surface area contributed by atoms with Crippen LogP contribution in [-0.2, 0) is 13.1 Å². The van der Waals surface area contributed by atoms with Crippen molar-refractivity contribution in [1.82, 2.24) is 20.1 Å². The third-order valence-corrected chi connectivity index (χ3v) is 8.31. The molecule has 6 rings (SSSR count). The van der Waals surface area contributed by atoms with Crippen LogP contribution in [0.2, 0.25) is 0 Å². The van der Waals surface area contributed by atoms with E-state index in [9.17, 15) is 4.79 Å². The Labute approximate surface area is 248 Å². The summed E-state index contributed by atoms with van der Waals surface area (Å²) in [7, 11) is 0. The molecule has 1 fully saturated rings. The van der Waals surface area contributed by atoms with E-state index < -0.39 is 0 Å². The fourth-order valence-electron chi connectivity index (χ4n) is 5.99. The van der Waals surface area contributed by atoms with Crippen molar-refractivity contribution in [3.8, 4) is 11.3 Å². The lowest BCUT2D eigenvalue weighted by molar-refractivity contribution is 0.0947. The van der Waals surface area contributed by atoms with Gasteiger partial charge in [-0.3, -0.25) is 9.69 Å². The largest absolute Gasteiger partial charge is 0.348 e. The van der Waals surface area contributed by atoms with E-state index in [1.54, 1.807) is 0 Å². The first kappa shape index (κ1) is 27.8. The maximum Gasteiger partial charge on any atom is 0.252 e. The second kappa shape index (κ2) is 13.1. The van der Waals surface area contributed by atoms with Crippen LogP contribution < -0.4 is 5.32 Å². The average molecular weight is 555 g/mol. The standard InChI is InChI=1S/C37H38N4O/c1-28(30-15-7-3-8-16-30)26-40-21-23-41(24-22-40)27-33-35(37(42)38-25-29-13-5-2-6-14-29)32-19-11-12-20-34(32)39-36(33)31-17-9-4-10-18-31/h2-20,28H,21-27H2,1H3,(H,38,42). The van der Waals surface area contributed by atoms with Gasteiger partial charge < -0.3 is 10.2 Å². The Bertz CT molecular complexity index is 1610. The second-order valence-corrected chi connectivity index (χ2v) is 11.3. The van der Waals surface area contributed by atoms with Crippen LogP contribution in [-0.4, -0.2) is 53.4 Å². The molecule has 0 spiro atoms. The summed E-state index contributed by atoms with van der Waals surface area (Å²) < 4.78 is 0. The first-order valence-electron chi connectivity index (χ1n) is 14.9. The molecular weight excluding hydrogens is 516 g/mol. The van der Waals surface area contributed by atoms with E-state index >= 15 is 0 Å². The van der Waals surface area contributed by atoms with Crippen molar-refractivity contribution in [1.29, 1.82) is 0 Å². The zero-order valence-electron chi connectivity index (χ0n) is 24.2. The summed E-state index contributed by atoms with van der Waals surface area (Å²) in [5.74, 6) is 0.437. The molecule has 1 atom stereocenters. The summed E-state index contributed by atoms with van der Waals surface area (Å²) in [5.41, 5.74) is 6.96. The topological polar surface area (TPSA) is 48.5 Å². The molecule has 5 nitrogen and oxygen atoms in total. The molecule has 1 aromatic heterocycles. The highest BCUT2D eigenvalue weighted by molar-refractivity contribution is 6.09. The predicted molar refractivity (Wildman–Crippen MR) is 171 cm³/mol. The number of nitrogens with zero attached hydrogens (tertiary/aromatic N) is 3. The van der Waals surface area contributed by atoms with E-state index in [0.29, 0.717) is 19.0 Å². The highest BCUT2D eigenvalue weighted by Gasteiger charge is 2.26. The van der Waals surface area contributed by atoms with Gasteiger partial charge in [0.25, 0.3) is 5.91 Å². The molecule has 1 amide bonds. The van der Waals surface area contributed by atoms with E-state index in [-0.39, 0.29) is 5.91 Å². The lowest BCUT2D eigenvalue weighted by Gasteiger charge is -2.36. The number of nitrogens with one attached hydrogen (secondary N) is 1. The zero-order chi connectivity index (χ0) is 28.7. The Morgan fingerprint density at radius 3 is 2.07 bits per heavy atom. The SMILES string of the molecule is CC(CN1CCN(Cc2c(-c3ccccc3)nc3ccccc3c2C(=O)NCc2ccccc2)CC1)c1ccccc1. The minimum absolute atomic E-state index is 0.0556. The van der Waals surface area contributed by atoms with Crippen molar-refractivity contribution in [2.24, 2.45) is 0 Å². The van der Waals surface area contributed by atoms with Gasteiger partial charge in [-0.15, -0.1) is 0 Å². The normalized spacial score (nSPS) is 15.0. The number of hydrogen-bond donors (Lipinski definition) is 1. The number of rotatable bonds is 9. The molecular formula is C37H38N4O. The number of carbonyl (C=O) groups is 1. The lowest BCUT2D eigenvalue weighted by Crippen LogP contribution is -2.47. The Kier molecular flexibility index (Phi) is 8.69. The van der Waals surface area contributed by atoms with Gasteiger partial charge in [-0.05, 0) is 23.1 Å². The van der Waals surface area contributed by atoms with E-state index in [4.69, 9.17) is 4.98 Å². The van der Waals surface area contributed by atoms with Gasteiger partial charge >= 0.3 is 0 Å². The number of pyridine rings is 1. The summed E-state index contributed by atoms with van der Waals surface area (Å²) >= 11 is 0. The summed E-state index contributed by atoms with van der Waals surface area (Å²) in [6.45, 7) is 8.45. The van der Waals surface area contributed by atoms with E-state index in [1.807, 2.05) is 72.8 Å². The summed E-state index contributed by atoms with van der Waals surface area (Å²) in [6.07, 6.45) is 0. The third-order valence-electron chi connectivity index (χ3n) is 8.31. The third kappa shape index (κ3) is 6.43. The molecule has 5 heteroatoms.